The Balaban J connectivity index is 2.34. The monoisotopic (exact) mass is 249 g/mol. The minimum atomic E-state index is -0.953. The molecule has 0 aliphatic carbocycles. The van der Waals surface area contributed by atoms with E-state index in [9.17, 15) is 9.59 Å². The molecule has 0 aromatic heterocycles. The van der Waals surface area contributed by atoms with Crippen molar-refractivity contribution in [1.82, 2.24) is 5.32 Å². The van der Waals surface area contributed by atoms with Crippen LogP contribution < -0.4 is 5.32 Å². The maximum Gasteiger partial charge on any atom is 0.305 e. The summed E-state index contributed by atoms with van der Waals surface area (Å²) in [6.45, 7) is 0. The molecule has 0 bridgehead atoms. The highest BCUT2D eigenvalue weighted by atomic mass is 16.4. The summed E-state index contributed by atoms with van der Waals surface area (Å²) in [6.07, 6.45) is 1.85. The Labute approximate surface area is 107 Å². The zero-order valence-electron chi connectivity index (χ0n) is 10.6. The van der Waals surface area contributed by atoms with Crippen LogP contribution in [-0.4, -0.2) is 29.9 Å². The summed E-state index contributed by atoms with van der Waals surface area (Å²) in [5.74, 6) is -0.985. The Morgan fingerprint density at radius 3 is 2.50 bits per heavy atom. The molecule has 2 N–H and O–H groups in total. The van der Waals surface area contributed by atoms with Crippen molar-refractivity contribution >= 4 is 11.8 Å². The van der Waals surface area contributed by atoms with Crippen LogP contribution in [0.1, 0.15) is 24.8 Å². The Kier molecular flexibility index (Phi) is 6.08. The molecule has 18 heavy (non-hydrogen) atoms. The molecule has 0 spiro atoms. The first kappa shape index (κ1) is 14.4. The van der Waals surface area contributed by atoms with E-state index in [0.29, 0.717) is 6.42 Å². The largest absolute Gasteiger partial charge is 0.481 e. The van der Waals surface area contributed by atoms with Crippen LogP contribution in [0, 0.1) is 0 Å². The van der Waals surface area contributed by atoms with Gasteiger partial charge in [0.1, 0.15) is 5.78 Å². The number of ketones is 1. The van der Waals surface area contributed by atoms with Gasteiger partial charge in [0.25, 0.3) is 0 Å². The number of Topliss-reactive ketones (excluding diaryl/α,β-unsaturated/α-hetero) is 1. The highest BCUT2D eigenvalue weighted by molar-refractivity contribution is 5.87. The molecule has 4 nitrogen and oxygen atoms in total. The van der Waals surface area contributed by atoms with Crippen molar-refractivity contribution in [1.29, 1.82) is 0 Å². The van der Waals surface area contributed by atoms with Gasteiger partial charge in [-0.2, -0.15) is 0 Å². The van der Waals surface area contributed by atoms with Gasteiger partial charge < -0.3 is 10.4 Å². The normalized spacial score (nSPS) is 12.1. The van der Waals surface area contributed by atoms with Gasteiger partial charge in [-0.3, -0.25) is 9.59 Å². The van der Waals surface area contributed by atoms with Crippen molar-refractivity contribution in [3.05, 3.63) is 35.9 Å². The zero-order chi connectivity index (χ0) is 13.4. The Morgan fingerprint density at radius 1 is 1.28 bits per heavy atom. The van der Waals surface area contributed by atoms with E-state index in [1.807, 2.05) is 30.3 Å². The number of hydrogen-bond acceptors (Lipinski definition) is 3. The van der Waals surface area contributed by atoms with Crippen molar-refractivity contribution in [3.63, 3.8) is 0 Å². The fourth-order valence-corrected chi connectivity index (χ4v) is 1.84. The lowest BCUT2D eigenvalue weighted by Crippen LogP contribution is -2.36. The van der Waals surface area contributed by atoms with Gasteiger partial charge >= 0.3 is 5.97 Å². The van der Waals surface area contributed by atoms with E-state index in [2.05, 4.69) is 5.32 Å². The van der Waals surface area contributed by atoms with E-state index in [4.69, 9.17) is 5.11 Å². The standard InChI is InChI=1S/C14H19NO3/c1-15-12(10-14(17)18)13(16)9-5-8-11-6-3-2-4-7-11/h2-4,6-7,12,15H,5,8-10H2,1H3,(H,17,18)/t12-/m0/s1. The average molecular weight is 249 g/mol. The van der Waals surface area contributed by atoms with Gasteiger partial charge in [-0.1, -0.05) is 30.3 Å². The van der Waals surface area contributed by atoms with Crippen molar-refractivity contribution in [2.24, 2.45) is 0 Å². The van der Waals surface area contributed by atoms with Crippen LogP contribution in [0.5, 0.6) is 0 Å². The summed E-state index contributed by atoms with van der Waals surface area (Å²) in [5.41, 5.74) is 1.20. The molecule has 0 radical (unpaired) electrons. The van der Waals surface area contributed by atoms with Crippen molar-refractivity contribution < 1.29 is 14.7 Å². The van der Waals surface area contributed by atoms with Crippen molar-refractivity contribution in [2.45, 2.75) is 31.7 Å². The topological polar surface area (TPSA) is 66.4 Å². The summed E-state index contributed by atoms with van der Waals surface area (Å²) in [5, 5.41) is 11.4. The third kappa shape index (κ3) is 5.10. The molecule has 0 saturated heterocycles. The first-order valence-corrected chi connectivity index (χ1v) is 6.09. The number of hydrogen-bond donors (Lipinski definition) is 2. The molecule has 0 aliphatic rings. The van der Waals surface area contributed by atoms with Gasteiger partial charge in [0.2, 0.25) is 0 Å². The van der Waals surface area contributed by atoms with E-state index in [1.54, 1.807) is 7.05 Å². The van der Waals surface area contributed by atoms with Crippen LogP contribution in [0.25, 0.3) is 0 Å². The molecule has 0 fully saturated rings. The van der Waals surface area contributed by atoms with E-state index in [1.165, 1.54) is 5.56 Å². The third-order valence-corrected chi connectivity index (χ3v) is 2.85. The SMILES string of the molecule is CN[C@@H](CC(=O)O)C(=O)CCCc1ccccc1. The number of likely N-dealkylation sites (N-methyl/N-ethyl adjacent to an activating group) is 1. The van der Waals surface area contributed by atoms with E-state index < -0.39 is 12.0 Å². The second-order valence-corrected chi connectivity index (χ2v) is 4.24. The quantitative estimate of drug-likeness (QED) is 0.735. The third-order valence-electron chi connectivity index (χ3n) is 2.85. The van der Waals surface area contributed by atoms with Gasteiger partial charge in [0.15, 0.2) is 0 Å². The Bertz CT molecular complexity index is 389. The average Bonchev–Trinajstić information content (AvgIpc) is 2.36. The van der Waals surface area contributed by atoms with Crippen LogP contribution in [0.3, 0.4) is 0 Å². The Morgan fingerprint density at radius 2 is 1.94 bits per heavy atom. The lowest BCUT2D eigenvalue weighted by Gasteiger charge is -2.12. The molecule has 0 unspecified atom stereocenters. The van der Waals surface area contributed by atoms with Gasteiger partial charge in [-0.15, -0.1) is 0 Å². The molecule has 98 valence electrons. The second kappa shape index (κ2) is 7.61. The smallest absolute Gasteiger partial charge is 0.305 e. The minimum absolute atomic E-state index is 0.0316. The zero-order valence-corrected chi connectivity index (χ0v) is 10.6. The summed E-state index contributed by atoms with van der Waals surface area (Å²) in [4.78, 5) is 22.4. The molecule has 0 saturated carbocycles. The van der Waals surface area contributed by atoms with E-state index in [-0.39, 0.29) is 12.2 Å². The first-order chi connectivity index (χ1) is 8.63. The molecule has 1 rings (SSSR count). The fourth-order valence-electron chi connectivity index (χ4n) is 1.84. The molecule has 1 atom stereocenters. The van der Waals surface area contributed by atoms with Gasteiger partial charge in [0, 0.05) is 6.42 Å². The van der Waals surface area contributed by atoms with Crippen LogP contribution in [0.15, 0.2) is 30.3 Å². The number of carboxylic acid groups (broad SMARTS) is 1. The number of carboxylic acids is 1. The van der Waals surface area contributed by atoms with Crippen LogP contribution >= 0.6 is 0 Å². The summed E-state index contributed by atoms with van der Waals surface area (Å²) in [7, 11) is 1.61. The second-order valence-electron chi connectivity index (χ2n) is 4.24. The predicted molar refractivity (Wildman–Crippen MR) is 69.5 cm³/mol. The molecule has 1 aromatic carbocycles. The highest BCUT2D eigenvalue weighted by Crippen LogP contribution is 2.07. The first-order valence-electron chi connectivity index (χ1n) is 6.09. The van der Waals surface area contributed by atoms with Crippen LogP contribution in [0.2, 0.25) is 0 Å². The molecule has 4 heteroatoms. The van der Waals surface area contributed by atoms with E-state index in [0.717, 1.165) is 12.8 Å². The number of aliphatic carboxylic acids is 1. The number of nitrogens with one attached hydrogen (secondary N) is 1. The summed E-state index contributed by atoms with van der Waals surface area (Å²) in [6, 6.07) is 9.38. The number of carbonyl (C=O) groups is 2. The lowest BCUT2D eigenvalue weighted by molar-refractivity contribution is -0.139. The van der Waals surface area contributed by atoms with Crippen LogP contribution in [0.4, 0.5) is 0 Å². The summed E-state index contributed by atoms with van der Waals surface area (Å²) >= 11 is 0. The minimum Gasteiger partial charge on any atom is -0.481 e. The Hall–Kier alpha value is -1.68. The molecular formula is C14H19NO3. The molecule has 0 aliphatic heterocycles. The maximum atomic E-state index is 11.8. The number of rotatable bonds is 8. The fraction of sp³-hybridized carbons (Fsp3) is 0.429. The maximum absolute atomic E-state index is 11.8. The van der Waals surface area contributed by atoms with Gasteiger partial charge in [0.05, 0.1) is 12.5 Å². The van der Waals surface area contributed by atoms with Gasteiger partial charge in [-0.25, -0.2) is 0 Å². The van der Waals surface area contributed by atoms with Crippen LogP contribution in [-0.2, 0) is 16.0 Å². The molecule has 0 heterocycles. The van der Waals surface area contributed by atoms with E-state index >= 15 is 0 Å². The van der Waals surface area contributed by atoms with Crippen molar-refractivity contribution in [3.8, 4) is 0 Å². The lowest BCUT2D eigenvalue weighted by atomic mass is 10.0. The number of carbonyl (C=O) groups excluding carboxylic acids is 1. The number of aryl methyl sites for hydroxylation is 1. The predicted octanol–water partition coefficient (Wildman–Crippen LogP) is 1.64. The molecule has 0 amide bonds. The number of benzene rings is 1. The highest BCUT2D eigenvalue weighted by Gasteiger charge is 2.18. The molecular weight excluding hydrogens is 230 g/mol. The summed E-state index contributed by atoms with van der Waals surface area (Å²) < 4.78 is 0. The van der Waals surface area contributed by atoms with Crippen molar-refractivity contribution in [2.75, 3.05) is 7.05 Å². The van der Waals surface area contributed by atoms with Gasteiger partial charge in [-0.05, 0) is 25.5 Å². The molecule has 1 aromatic rings.